The van der Waals surface area contributed by atoms with Crippen LogP contribution >= 0.6 is 11.6 Å². The van der Waals surface area contributed by atoms with Gasteiger partial charge in [0.15, 0.2) is 0 Å². The van der Waals surface area contributed by atoms with Crippen LogP contribution in [0.1, 0.15) is 51.2 Å². The van der Waals surface area contributed by atoms with Gasteiger partial charge in [-0.25, -0.2) is 12.8 Å². The molecule has 45 heavy (non-hydrogen) atoms. The van der Waals surface area contributed by atoms with Crippen LogP contribution in [0.2, 0.25) is 5.02 Å². The number of amides is 1. The van der Waals surface area contributed by atoms with Crippen LogP contribution in [-0.4, -0.2) is 62.1 Å². The van der Waals surface area contributed by atoms with Gasteiger partial charge in [-0.3, -0.25) is 4.79 Å². The summed E-state index contributed by atoms with van der Waals surface area (Å²) >= 11 is 6.18. The van der Waals surface area contributed by atoms with E-state index in [1.54, 1.807) is 54.6 Å². The molecule has 6 atom stereocenters. The number of anilines is 1. The third-order valence-electron chi connectivity index (χ3n) is 9.10. The maximum atomic E-state index is 15.4. The summed E-state index contributed by atoms with van der Waals surface area (Å²) in [5, 5.41) is 6.83. The van der Waals surface area contributed by atoms with Crippen LogP contribution in [0.4, 0.5) is 10.1 Å². The lowest BCUT2D eigenvalue weighted by atomic mass is 9.66. The zero-order valence-corrected chi connectivity index (χ0v) is 27.5. The summed E-state index contributed by atoms with van der Waals surface area (Å²) in [6.45, 7) is 6.75. The van der Waals surface area contributed by atoms with Crippen molar-refractivity contribution in [3.05, 3.63) is 94.8 Å². The smallest absolute Gasteiger partial charge is 0.243 e. The molecule has 0 aliphatic carbocycles. The first-order valence-electron chi connectivity index (χ1n) is 15.5. The van der Waals surface area contributed by atoms with E-state index in [1.165, 1.54) is 10.4 Å². The summed E-state index contributed by atoms with van der Waals surface area (Å²) in [5.41, 5.74) is 7.61. The molecule has 4 N–H and O–H groups in total. The molecule has 0 saturated carbocycles. The van der Waals surface area contributed by atoms with E-state index in [0.717, 1.165) is 5.56 Å². The molecule has 11 heteroatoms. The number of rotatable bonds is 9. The number of piperazine rings is 1. The lowest BCUT2D eigenvalue weighted by Crippen LogP contribution is -2.58. The van der Waals surface area contributed by atoms with E-state index in [2.05, 4.69) is 10.6 Å². The van der Waals surface area contributed by atoms with Crippen LogP contribution in [0.3, 0.4) is 0 Å². The lowest BCUT2D eigenvalue weighted by Gasteiger charge is -2.46. The molecule has 2 aliphatic heterocycles. The molecular formula is C34H42ClFN4O4S. The van der Waals surface area contributed by atoms with E-state index in [-0.39, 0.29) is 29.6 Å². The Morgan fingerprint density at radius 2 is 1.71 bits per heavy atom. The maximum absolute atomic E-state index is 15.4. The SMILES string of the molecule is C[C@@H]1C[C@](c2ccc(Cl)cc2)([C@H](N)C(=O)Nc2cccc(F)c2CC[C@H]2CNC[C@H](C)N2S(=O)(=O)c2ccccc2)C[C@H](C)O1. The average Bonchev–Trinajstić information content (AvgIpc) is 3.00. The molecule has 0 aromatic heterocycles. The fraction of sp³-hybridized carbons (Fsp3) is 0.441. The number of carbonyl (C=O) groups is 1. The molecule has 0 bridgehead atoms. The number of nitrogens with two attached hydrogens (primary N) is 1. The third kappa shape index (κ3) is 7.11. The molecule has 0 spiro atoms. The van der Waals surface area contributed by atoms with Crippen molar-refractivity contribution < 1.29 is 22.3 Å². The number of sulfonamides is 1. The lowest BCUT2D eigenvalue weighted by molar-refractivity contribution is -0.122. The quantitative estimate of drug-likeness (QED) is 0.290. The predicted molar refractivity (Wildman–Crippen MR) is 175 cm³/mol. The first kappa shape index (κ1) is 33.5. The Labute approximate surface area is 270 Å². The summed E-state index contributed by atoms with van der Waals surface area (Å²) in [6, 6.07) is 18.6. The topological polar surface area (TPSA) is 114 Å². The molecule has 0 radical (unpaired) electrons. The zero-order valence-electron chi connectivity index (χ0n) is 25.9. The number of ether oxygens (including phenoxy) is 1. The van der Waals surface area contributed by atoms with Gasteiger partial charge in [-0.2, -0.15) is 4.31 Å². The van der Waals surface area contributed by atoms with Crippen molar-refractivity contribution in [1.29, 1.82) is 0 Å². The van der Waals surface area contributed by atoms with Gasteiger partial charge in [0.1, 0.15) is 5.82 Å². The Bertz CT molecular complexity index is 1580. The van der Waals surface area contributed by atoms with Crippen molar-refractivity contribution >= 4 is 33.2 Å². The molecule has 5 rings (SSSR count). The highest BCUT2D eigenvalue weighted by molar-refractivity contribution is 7.89. The molecule has 242 valence electrons. The van der Waals surface area contributed by atoms with Gasteiger partial charge in [0, 0.05) is 46.9 Å². The summed E-state index contributed by atoms with van der Waals surface area (Å²) in [6.07, 6.45) is 1.36. The molecule has 2 aliphatic rings. The fourth-order valence-corrected chi connectivity index (χ4v) is 9.12. The molecule has 8 nitrogen and oxygen atoms in total. The monoisotopic (exact) mass is 656 g/mol. The van der Waals surface area contributed by atoms with E-state index in [9.17, 15) is 13.2 Å². The van der Waals surface area contributed by atoms with Crippen LogP contribution in [-0.2, 0) is 31.4 Å². The van der Waals surface area contributed by atoms with E-state index >= 15 is 4.39 Å². The van der Waals surface area contributed by atoms with Gasteiger partial charge in [-0.1, -0.05) is 48.0 Å². The summed E-state index contributed by atoms with van der Waals surface area (Å²) < 4.78 is 50.3. The third-order valence-corrected chi connectivity index (χ3v) is 11.4. The second-order valence-electron chi connectivity index (χ2n) is 12.4. The largest absolute Gasteiger partial charge is 0.375 e. The number of halogens is 2. The van der Waals surface area contributed by atoms with E-state index < -0.39 is 39.2 Å². The maximum Gasteiger partial charge on any atom is 0.243 e. The molecule has 2 fully saturated rings. The van der Waals surface area contributed by atoms with Crippen LogP contribution in [0, 0.1) is 5.82 Å². The Kier molecular flexibility index (Phi) is 10.3. The first-order chi connectivity index (χ1) is 21.4. The minimum Gasteiger partial charge on any atom is -0.375 e. The Hall–Kier alpha value is -2.86. The number of nitrogens with zero attached hydrogens (tertiary/aromatic N) is 1. The molecule has 1 amide bonds. The second-order valence-corrected chi connectivity index (χ2v) is 14.7. The summed E-state index contributed by atoms with van der Waals surface area (Å²) in [4.78, 5) is 14.1. The van der Waals surface area contributed by atoms with Crippen LogP contribution in [0.5, 0.6) is 0 Å². The van der Waals surface area contributed by atoms with E-state index in [1.807, 2.05) is 32.9 Å². The number of benzene rings is 3. The van der Waals surface area contributed by atoms with Gasteiger partial charge in [0.2, 0.25) is 15.9 Å². The van der Waals surface area contributed by atoms with Crippen molar-refractivity contribution in [3.8, 4) is 0 Å². The van der Waals surface area contributed by atoms with Crippen LogP contribution < -0.4 is 16.4 Å². The molecule has 0 unspecified atom stereocenters. The second kappa shape index (κ2) is 13.9. The highest BCUT2D eigenvalue weighted by atomic mass is 35.5. The van der Waals surface area contributed by atoms with Crippen LogP contribution in [0.25, 0.3) is 0 Å². The standard InChI is InChI=1S/C34H42ClFN4O4S/c1-22-20-38-21-27(40(22)45(42,43)28-8-5-4-6-9-28)16-17-29-30(36)10-7-11-31(29)39-33(41)32(37)34(18-23(2)44-24(3)19-34)25-12-14-26(35)15-13-25/h4-15,22-24,27,32,38H,16-21,37H2,1-3H3,(H,39,41)/t22-,23-,24+,27-,32+,34+/m0/s1. The van der Waals surface area contributed by atoms with Gasteiger partial charge in [0.05, 0.1) is 23.1 Å². The predicted octanol–water partition coefficient (Wildman–Crippen LogP) is 5.25. The van der Waals surface area contributed by atoms with E-state index in [0.29, 0.717) is 48.6 Å². The first-order valence-corrected chi connectivity index (χ1v) is 17.3. The minimum atomic E-state index is -3.78. The fourth-order valence-electron chi connectivity index (χ4n) is 7.13. The zero-order chi connectivity index (χ0) is 32.4. The molecule has 2 saturated heterocycles. The molecule has 2 heterocycles. The van der Waals surface area contributed by atoms with Gasteiger partial charge in [-0.15, -0.1) is 0 Å². The molecular weight excluding hydrogens is 615 g/mol. The van der Waals surface area contributed by atoms with Gasteiger partial charge in [0.25, 0.3) is 0 Å². The van der Waals surface area contributed by atoms with Gasteiger partial charge < -0.3 is 21.1 Å². The molecule has 3 aromatic carbocycles. The van der Waals surface area contributed by atoms with Gasteiger partial charge >= 0.3 is 0 Å². The van der Waals surface area contributed by atoms with Crippen LogP contribution in [0.15, 0.2) is 77.7 Å². The number of nitrogens with one attached hydrogen (secondary N) is 2. The number of hydrogen-bond donors (Lipinski definition) is 3. The average molecular weight is 657 g/mol. The van der Waals surface area contributed by atoms with Crippen molar-refractivity contribution in [2.45, 2.75) is 87.1 Å². The van der Waals surface area contributed by atoms with Crippen molar-refractivity contribution in [3.63, 3.8) is 0 Å². The van der Waals surface area contributed by atoms with Crippen molar-refractivity contribution in [1.82, 2.24) is 9.62 Å². The normalized spacial score (nSPS) is 26.7. The Morgan fingerprint density at radius 1 is 1.04 bits per heavy atom. The van der Waals surface area contributed by atoms with E-state index in [4.69, 9.17) is 22.1 Å². The Balaban J connectivity index is 1.39. The highest BCUT2D eigenvalue weighted by Gasteiger charge is 2.47. The van der Waals surface area contributed by atoms with Gasteiger partial charge in [-0.05, 0) is 88.4 Å². The summed E-state index contributed by atoms with van der Waals surface area (Å²) in [7, 11) is -3.78. The van der Waals surface area contributed by atoms with Crippen molar-refractivity contribution in [2.24, 2.45) is 5.73 Å². The highest BCUT2D eigenvalue weighted by Crippen LogP contribution is 2.43. The minimum absolute atomic E-state index is 0.130. The number of hydrogen-bond acceptors (Lipinski definition) is 6. The Morgan fingerprint density at radius 3 is 2.38 bits per heavy atom. The summed E-state index contributed by atoms with van der Waals surface area (Å²) in [5.74, 6) is -0.907. The molecule has 3 aromatic rings. The van der Waals surface area contributed by atoms with Crippen molar-refractivity contribution in [2.75, 3.05) is 18.4 Å². The number of carbonyl (C=O) groups excluding carboxylic acids is 1.